The maximum atomic E-state index is 13.6. The fourth-order valence-electron chi connectivity index (χ4n) is 4.30. The van der Waals surface area contributed by atoms with Crippen molar-refractivity contribution in [1.82, 2.24) is 4.57 Å². The van der Waals surface area contributed by atoms with Crippen molar-refractivity contribution in [3.05, 3.63) is 105 Å². The van der Waals surface area contributed by atoms with Gasteiger partial charge in [0, 0.05) is 17.3 Å². The molecule has 0 bridgehead atoms. The highest BCUT2D eigenvalue weighted by Crippen LogP contribution is 2.22. The number of aryl methyl sites for hydroxylation is 5. The highest BCUT2D eigenvalue weighted by Gasteiger charge is 2.14. The first-order chi connectivity index (χ1) is 16.9. The van der Waals surface area contributed by atoms with Gasteiger partial charge in [-0.1, -0.05) is 43.3 Å². The number of nitrogens with one attached hydrogen (secondary N) is 1. The van der Waals surface area contributed by atoms with E-state index in [2.05, 4.69) is 36.5 Å². The molecule has 4 rings (SSSR count). The third-order valence-electron chi connectivity index (χ3n) is 6.46. The lowest BCUT2D eigenvalue weighted by Crippen LogP contribution is -2.30. The molecule has 0 aliphatic rings. The summed E-state index contributed by atoms with van der Waals surface area (Å²) in [4.78, 5) is 26.6. The van der Waals surface area contributed by atoms with Crippen molar-refractivity contribution in [1.29, 1.82) is 0 Å². The van der Waals surface area contributed by atoms with E-state index < -0.39 is 0 Å². The van der Waals surface area contributed by atoms with Gasteiger partial charge in [-0.3, -0.25) is 14.2 Å². The molecule has 1 N–H and O–H groups in total. The number of nitrogens with zero attached hydrogens (tertiary/aromatic N) is 1. The summed E-state index contributed by atoms with van der Waals surface area (Å²) in [5.41, 5.74) is 6.52. The van der Waals surface area contributed by atoms with Crippen LogP contribution in [0.1, 0.15) is 34.7 Å². The van der Waals surface area contributed by atoms with Crippen molar-refractivity contribution in [3.8, 4) is 5.75 Å². The van der Waals surface area contributed by atoms with Crippen molar-refractivity contribution < 1.29 is 9.53 Å². The summed E-state index contributed by atoms with van der Waals surface area (Å²) in [6, 6.07) is 22.0. The zero-order chi connectivity index (χ0) is 24.9. The van der Waals surface area contributed by atoms with Crippen LogP contribution in [-0.4, -0.2) is 17.6 Å². The number of amides is 1. The molecule has 3 aromatic carbocycles. The minimum Gasteiger partial charge on any atom is -0.497 e. The van der Waals surface area contributed by atoms with Crippen LogP contribution in [0.4, 0.5) is 5.69 Å². The fraction of sp³-hybridized carbons (Fsp3) is 0.267. The van der Waals surface area contributed by atoms with Crippen molar-refractivity contribution >= 4 is 22.5 Å². The molecule has 5 heteroatoms. The lowest BCUT2D eigenvalue weighted by Gasteiger charge is -2.15. The Balaban J connectivity index is 1.66. The first kappa shape index (κ1) is 24.3. The lowest BCUT2D eigenvalue weighted by atomic mass is 10.0. The molecule has 0 aliphatic heterocycles. The van der Waals surface area contributed by atoms with Gasteiger partial charge < -0.3 is 10.1 Å². The second kappa shape index (κ2) is 10.6. The Hall–Kier alpha value is -3.86. The Morgan fingerprint density at radius 2 is 1.66 bits per heavy atom. The maximum absolute atomic E-state index is 13.6. The van der Waals surface area contributed by atoms with Crippen LogP contribution in [0.5, 0.6) is 5.75 Å². The molecule has 4 aromatic rings. The summed E-state index contributed by atoms with van der Waals surface area (Å²) in [6.07, 6.45) is 2.36. The zero-order valence-electron chi connectivity index (χ0n) is 20.9. The van der Waals surface area contributed by atoms with Gasteiger partial charge in [0.25, 0.3) is 5.56 Å². The minimum absolute atomic E-state index is 0.0745. The number of ether oxygens (including phenoxy) is 1. The maximum Gasteiger partial charge on any atom is 0.254 e. The number of benzene rings is 3. The van der Waals surface area contributed by atoms with Gasteiger partial charge in [0.1, 0.15) is 12.3 Å². The van der Waals surface area contributed by atoms with Gasteiger partial charge in [-0.2, -0.15) is 0 Å². The number of fused-ring (bicyclic) bond motifs is 1. The molecule has 5 nitrogen and oxygen atoms in total. The van der Waals surface area contributed by atoms with E-state index in [4.69, 9.17) is 4.74 Å². The largest absolute Gasteiger partial charge is 0.497 e. The quantitative estimate of drug-likeness (QED) is 0.365. The van der Waals surface area contributed by atoms with Gasteiger partial charge >= 0.3 is 0 Å². The third kappa shape index (κ3) is 5.62. The summed E-state index contributed by atoms with van der Waals surface area (Å²) >= 11 is 0. The molecule has 0 atom stereocenters. The molecule has 0 aliphatic carbocycles. The van der Waals surface area contributed by atoms with Crippen LogP contribution in [0, 0.1) is 13.8 Å². The molecule has 180 valence electrons. The Morgan fingerprint density at radius 3 is 2.37 bits per heavy atom. The number of rotatable bonds is 8. The number of anilines is 1. The summed E-state index contributed by atoms with van der Waals surface area (Å²) in [5, 5.41) is 3.88. The predicted molar refractivity (Wildman–Crippen MR) is 143 cm³/mol. The Bertz CT molecular complexity index is 1420. The smallest absolute Gasteiger partial charge is 0.254 e. The number of hydrogen-bond donors (Lipinski definition) is 1. The number of carbonyl (C=O) groups is 1. The third-order valence-corrected chi connectivity index (χ3v) is 6.46. The van der Waals surface area contributed by atoms with Gasteiger partial charge in [0.2, 0.25) is 5.91 Å². The van der Waals surface area contributed by atoms with Crippen LogP contribution in [0.25, 0.3) is 10.9 Å². The average molecular weight is 469 g/mol. The highest BCUT2D eigenvalue weighted by molar-refractivity contribution is 5.92. The molecule has 1 amide bonds. The molecule has 0 spiro atoms. The van der Waals surface area contributed by atoms with Gasteiger partial charge in [-0.15, -0.1) is 0 Å². The SMILES string of the molecule is CCc1ccc(CCc2cc3ccc(OC)cc3n(CC(=O)Nc3cc(C)ccc3C)c2=O)cc1. The van der Waals surface area contributed by atoms with E-state index in [1.807, 2.05) is 56.3 Å². The first-order valence-electron chi connectivity index (χ1n) is 12.0. The molecule has 0 radical (unpaired) electrons. The molecule has 1 aromatic heterocycles. The molecule has 0 fully saturated rings. The number of methoxy groups -OCH3 is 1. The van der Waals surface area contributed by atoms with E-state index in [0.29, 0.717) is 23.3 Å². The summed E-state index contributed by atoms with van der Waals surface area (Å²) < 4.78 is 6.95. The number of carbonyl (C=O) groups excluding carboxylic acids is 1. The zero-order valence-corrected chi connectivity index (χ0v) is 20.9. The van der Waals surface area contributed by atoms with Crippen molar-refractivity contribution in [2.45, 2.75) is 46.6 Å². The molecular weight excluding hydrogens is 436 g/mol. The van der Waals surface area contributed by atoms with E-state index in [0.717, 1.165) is 35.0 Å². The number of aromatic nitrogens is 1. The van der Waals surface area contributed by atoms with E-state index in [1.165, 1.54) is 11.1 Å². The van der Waals surface area contributed by atoms with Crippen LogP contribution in [0.2, 0.25) is 0 Å². The van der Waals surface area contributed by atoms with Gasteiger partial charge in [0.15, 0.2) is 0 Å². The van der Waals surface area contributed by atoms with Crippen molar-refractivity contribution in [2.24, 2.45) is 0 Å². The van der Waals surface area contributed by atoms with Crippen LogP contribution in [-0.2, 0) is 30.6 Å². The normalized spacial score (nSPS) is 11.0. The molecule has 0 saturated carbocycles. The van der Waals surface area contributed by atoms with Crippen molar-refractivity contribution in [3.63, 3.8) is 0 Å². The second-order valence-electron chi connectivity index (χ2n) is 9.02. The summed E-state index contributed by atoms with van der Waals surface area (Å²) in [5.74, 6) is 0.404. The summed E-state index contributed by atoms with van der Waals surface area (Å²) in [7, 11) is 1.59. The van der Waals surface area contributed by atoms with E-state index in [-0.39, 0.29) is 18.0 Å². The standard InChI is InChI=1S/C30H32N2O3/c1-5-22-8-10-23(11-9-22)12-13-25-17-24-14-15-26(35-4)18-28(24)32(30(25)34)19-29(33)31-27-16-20(2)6-7-21(27)3/h6-11,14-18H,5,12-13,19H2,1-4H3,(H,31,33). The predicted octanol–water partition coefficient (Wildman–Crippen LogP) is 5.61. The Kier molecular flexibility index (Phi) is 7.35. The molecule has 0 saturated heterocycles. The molecular formula is C30H32N2O3. The van der Waals surface area contributed by atoms with E-state index in [1.54, 1.807) is 11.7 Å². The van der Waals surface area contributed by atoms with Crippen LogP contribution < -0.4 is 15.6 Å². The summed E-state index contributed by atoms with van der Waals surface area (Å²) in [6.45, 7) is 6.00. The number of pyridine rings is 1. The topological polar surface area (TPSA) is 60.3 Å². The fourth-order valence-corrected chi connectivity index (χ4v) is 4.30. The van der Waals surface area contributed by atoms with Crippen LogP contribution >= 0.6 is 0 Å². The molecule has 35 heavy (non-hydrogen) atoms. The Labute approximate surface area is 206 Å². The Morgan fingerprint density at radius 1 is 0.914 bits per heavy atom. The lowest BCUT2D eigenvalue weighted by molar-refractivity contribution is -0.116. The van der Waals surface area contributed by atoms with Gasteiger partial charge in [-0.05, 0) is 85.0 Å². The highest BCUT2D eigenvalue weighted by atomic mass is 16.5. The van der Waals surface area contributed by atoms with Gasteiger partial charge in [-0.25, -0.2) is 0 Å². The first-order valence-corrected chi connectivity index (χ1v) is 12.0. The van der Waals surface area contributed by atoms with Gasteiger partial charge in [0.05, 0.1) is 12.6 Å². The average Bonchev–Trinajstić information content (AvgIpc) is 2.87. The molecule has 1 heterocycles. The second-order valence-corrected chi connectivity index (χ2v) is 9.02. The number of hydrogen-bond acceptors (Lipinski definition) is 3. The van der Waals surface area contributed by atoms with E-state index in [9.17, 15) is 9.59 Å². The van der Waals surface area contributed by atoms with Crippen LogP contribution in [0.15, 0.2) is 71.5 Å². The van der Waals surface area contributed by atoms with E-state index >= 15 is 0 Å². The monoisotopic (exact) mass is 468 g/mol. The van der Waals surface area contributed by atoms with Crippen molar-refractivity contribution in [2.75, 3.05) is 12.4 Å². The van der Waals surface area contributed by atoms with Crippen LogP contribution in [0.3, 0.4) is 0 Å². The minimum atomic E-state index is -0.239. The molecule has 0 unspecified atom stereocenters.